The lowest BCUT2D eigenvalue weighted by Gasteiger charge is -2.59. The predicted octanol–water partition coefficient (Wildman–Crippen LogP) is 3.74. The first-order valence-corrected chi connectivity index (χ1v) is 9.26. The Balaban J connectivity index is 1.70. The molecule has 4 rings (SSSR count). The normalized spacial score (nSPS) is 54.8. The molecule has 4 unspecified atom stereocenters. The van der Waals surface area contributed by atoms with E-state index >= 15 is 0 Å². The van der Waals surface area contributed by atoms with E-state index in [0.717, 1.165) is 38.5 Å². The van der Waals surface area contributed by atoms with Crippen LogP contribution < -0.4 is 0 Å². The van der Waals surface area contributed by atoms with Crippen LogP contribution in [0.5, 0.6) is 0 Å². The quantitative estimate of drug-likeness (QED) is 0.692. The van der Waals surface area contributed by atoms with Gasteiger partial charge in [-0.1, -0.05) is 25.8 Å². The molecule has 0 saturated heterocycles. The zero-order valence-electron chi connectivity index (χ0n) is 14.3. The summed E-state index contributed by atoms with van der Waals surface area (Å²) < 4.78 is 0. The summed E-state index contributed by atoms with van der Waals surface area (Å²) in [6.45, 7) is 4.61. The molecule has 0 amide bonds. The van der Waals surface area contributed by atoms with Gasteiger partial charge in [-0.15, -0.1) is 6.42 Å². The van der Waals surface area contributed by atoms with Gasteiger partial charge in [-0.3, -0.25) is 4.79 Å². The maximum Gasteiger partial charge on any atom is 0.155 e. The molecule has 1 N–H and O–H groups in total. The lowest BCUT2D eigenvalue weighted by Crippen LogP contribution is -2.55. The molecule has 0 heterocycles. The van der Waals surface area contributed by atoms with Crippen molar-refractivity contribution < 1.29 is 9.90 Å². The molecule has 2 heteroatoms. The molecular weight excluding hydrogens is 284 g/mol. The number of hydrogen-bond acceptors (Lipinski definition) is 2. The van der Waals surface area contributed by atoms with Gasteiger partial charge < -0.3 is 5.11 Å². The van der Waals surface area contributed by atoms with Gasteiger partial charge in [0.05, 0.1) is 0 Å². The SMILES string of the molecule is C#C[C@]1(O)CCC2C3CCC4CC(=O)C=C[C@]4(C)C3CC[C@@]21C. The van der Waals surface area contributed by atoms with Crippen molar-refractivity contribution in [3.8, 4) is 12.3 Å². The van der Waals surface area contributed by atoms with E-state index in [9.17, 15) is 9.90 Å². The average molecular weight is 312 g/mol. The Morgan fingerprint density at radius 3 is 2.65 bits per heavy atom. The first kappa shape index (κ1) is 15.5. The van der Waals surface area contributed by atoms with Gasteiger partial charge in [0.25, 0.3) is 0 Å². The molecule has 0 aromatic rings. The molecule has 7 atom stereocenters. The second-order valence-corrected chi connectivity index (χ2v) is 9.02. The zero-order chi connectivity index (χ0) is 16.5. The molecule has 4 aliphatic carbocycles. The molecular formula is C21H28O2. The second kappa shape index (κ2) is 4.73. The van der Waals surface area contributed by atoms with E-state index in [4.69, 9.17) is 6.42 Å². The molecule has 0 aromatic heterocycles. The van der Waals surface area contributed by atoms with Gasteiger partial charge in [0.15, 0.2) is 5.78 Å². The number of aliphatic hydroxyl groups is 1. The van der Waals surface area contributed by atoms with Crippen LogP contribution in [0.1, 0.15) is 58.8 Å². The highest BCUT2D eigenvalue weighted by Gasteiger charge is 2.63. The third kappa shape index (κ3) is 1.84. The van der Waals surface area contributed by atoms with Crippen LogP contribution in [0.3, 0.4) is 0 Å². The summed E-state index contributed by atoms with van der Waals surface area (Å²) in [6.07, 6.45) is 16.8. The third-order valence-electron chi connectivity index (χ3n) is 8.43. The number of carbonyl (C=O) groups excluding carboxylic acids is 1. The van der Waals surface area contributed by atoms with Crippen molar-refractivity contribution in [2.75, 3.05) is 0 Å². The molecule has 4 aliphatic rings. The Morgan fingerprint density at radius 1 is 1.17 bits per heavy atom. The molecule has 3 saturated carbocycles. The van der Waals surface area contributed by atoms with E-state index in [2.05, 4.69) is 25.8 Å². The lowest BCUT2D eigenvalue weighted by molar-refractivity contribution is -0.128. The Kier molecular flexibility index (Phi) is 3.18. The van der Waals surface area contributed by atoms with Gasteiger partial charge >= 0.3 is 0 Å². The van der Waals surface area contributed by atoms with Gasteiger partial charge in [-0.25, -0.2) is 0 Å². The molecule has 23 heavy (non-hydrogen) atoms. The summed E-state index contributed by atoms with van der Waals surface area (Å²) >= 11 is 0. The van der Waals surface area contributed by atoms with Gasteiger partial charge in [-0.05, 0) is 73.7 Å². The van der Waals surface area contributed by atoms with E-state index in [1.807, 2.05) is 6.08 Å². The Bertz CT molecular complexity index is 614. The number of allylic oxidation sites excluding steroid dienone is 2. The fourth-order valence-electron chi connectivity index (χ4n) is 6.89. The zero-order valence-corrected chi connectivity index (χ0v) is 14.3. The van der Waals surface area contributed by atoms with Crippen molar-refractivity contribution in [1.82, 2.24) is 0 Å². The van der Waals surface area contributed by atoms with Crippen LogP contribution in [0, 0.1) is 46.8 Å². The van der Waals surface area contributed by atoms with Crippen molar-refractivity contribution in [1.29, 1.82) is 0 Å². The van der Waals surface area contributed by atoms with Crippen molar-refractivity contribution >= 4 is 5.78 Å². The third-order valence-corrected chi connectivity index (χ3v) is 8.43. The van der Waals surface area contributed by atoms with Crippen LogP contribution in [0.15, 0.2) is 12.2 Å². The molecule has 2 nitrogen and oxygen atoms in total. The summed E-state index contributed by atoms with van der Waals surface area (Å²) in [4.78, 5) is 11.8. The number of hydrogen-bond donors (Lipinski definition) is 1. The van der Waals surface area contributed by atoms with E-state index < -0.39 is 5.60 Å². The van der Waals surface area contributed by atoms with Gasteiger partial charge in [-0.2, -0.15) is 0 Å². The topological polar surface area (TPSA) is 37.3 Å². The number of ketones is 1. The second-order valence-electron chi connectivity index (χ2n) is 9.02. The van der Waals surface area contributed by atoms with Crippen LogP contribution in [0.4, 0.5) is 0 Å². The predicted molar refractivity (Wildman–Crippen MR) is 90.4 cm³/mol. The maximum absolute atomic E-state index is 11.8. The van der Waals surface area contributed by atoms with E-state index in [1.54, 1.807) is 0 Å². The van der Waals surface area contributed by atoms with Crippen molar-refractivity contribution in [3.05, 3.63) is 12.2 Å². The highest BCUT2D eigenvalue weighted by Crippen LogP contribution is 2.67. The van der Waals surface area contributed by atoms with E-state index in [1.165, 1.54) is 6.42 Å². The fraction of sp³-hybridized carbons (Fsp3) is 0.762. The lowest BCUT2D eigenvalue weighted by atomic mass is 9.45. The van der Waals surface area contributed by atoms with Gasteiger partial charge in [0, 0.05) is 11.8 Å². The number of rotatable bonds is 0. The van der Waals surface area contributed by atoms with Crippen LogP contribution in [-0.4, -0.2) is 16.5 Å². The number of carbonyl (C=O) groups is 1. The van der Waals surface area contributed by atoms with Gasteiger partial charge in [0.1, 0.15) is 5.60 Å². The Morgan fingerprint density at radius 2 is 1.91 bits per heavy atom. The number of terminal acetylenes is 1. The Labute approximate surface area is 139 Å². The minimum Gasteiger partial charge on any atom is -0.377 e. The summed E-state index contributed by atoms with van der Waals surface area (Å²) in [5.41, 5.74) is -0.881. The molecule has 0 bridgehead atoms. The fourth-order valence-corrected chi connectivity index (χ4v) is 6.89. The monoisotopic (exact) mass is 312 g/mol. The largest absolute Gasteiger partial charge is 0.377 e. The van der Waals surface area contributed by atoms with Crippen LogP contribution in [0.25, 0.3) is 0 Å². The van der Waals surface area contributed by atoms with Crippen LogP contribution >= 0.6 is 0 Å². The minimum atomic E-state index is -0.918. The van der Waals surface area contributed by atoms with E-state index in [0.29, 0.717) is 29.5 Å². The molecule has 124 valence electrons. The summed E-state index contributed by atoms with van der Waals surface area (Å²) in [5.74, 6) is 5.38. The van der Waals surface area contributed by atoms with Gasteiger partial charge in [0.2, 0.25) is 0 Å². The van der Waals surface area contributed by atoms with Crippen LogP contribution in [-0.2, 0) is 4.79 Å². The highest BCUT2D eigenvalue weighted by molar-refractivity contribution is 5.91. The number of fused-ring (bicyclic) bond motifs is 5. The highest BCUT2D eigenvalue weighted by atomic mass is 16.3. The van der Waals surface area contributed by atoms with E-state index in [-0.39, 0.29) is 10.8 Å². The minimum absolute atomic E-state index is 0.125. The van der Waals surface area contributed by atoms with Crippen molar-refractivity contribution in [3.63, 3.8) is 0 Å². The summed E-state index contributed by atoms with van der Waals surface area (Å²) in [7, 11) is 0. The van der Waals surface area contributed by atoms with Crippen LogP contribution in [0.2, 0.25) is 0 Å². The molecule has 0 aliphatic heterocycles. The summed E-state index contributed by atoms with van der Waals surface area (Å²) in [6, 6.07) is 0. The van der Waals surface area contributed by atoms with Crippen molar-refractivity contribution in [2.45, 2.75) is 64.4 Å². The van der Waals surface area contributed by atoms with Crippen molar-refractivity contribution in [2.24, 2.45) is 34.5 Å². The first-order chi connectivity index (χ1) is 10.8. The first-order valence-electron chi connectivity index (χ1n) is 9.26. The molecule has 0 spiro atoms. The summed E-state index contributed by atoms with van der Waals surface area (Å²) in [5, 5.41) is 11.0. The molecule has 3 fully saturated rings. The average Bonchev–Trinajstić information content (AvgIpc) is 2.80. The standard InChI is InChI=1S/C21H28O2/c1-4-21(23)12-9-18-16-6-5-14-13-15(22)7-10-19(14,2)17(16)8-11-20(18,21)3/h1,7,10,14,16-18,23H,5-6,8-9,11-13H2,2-3H3/t14?,16?,17?,18?,19-,20-,21-/m0/s1. The maximum atomic E-state index is 11.8. The molecule has 0 aromatic carbocycles. The smallest absolute Gasteiger partial charge is 0.155 e. The molecule has 0 radical (unpaired) electrons. The Hall–Kier alpha value is -1.07.